The summed E-state index contributed by atoms with van der Waals surface area (Å²) in [6.45, 7) is 3.52. The molecule has 0 bridgehead atoms. The molecule has 0 aliphatic carbocycles. The zero-order valence-corrected chi connectivity index (χ0v) is 10.2. The third-order valence-corrected chi connectivity index (χ3v) is 3.27. The van der Waals surface area contributed by atoms with Gasteiger partial charge in [0, 0.05) is 11.2 Å². The van der Waals surface area contributed by atoms with Crippen LogP contribution in [0.2, 0.25) is 5.02 Å². The minimum Gasteiger partial charge on any atom is -0.497 e. The fraction of sp³-hybridized carbons (Fsp3) is 0.400. The summed E-state index contributed by atoms with van der Waals surface area (Å²) >= 11 is 6.01. The third-order valence-electron chi connectivity index (χ3n) is 1.81. The Balaban J connectivity index is 2.95. The molecule has 2 nitrogen and oxygen atoms in total. The predicted octanol–water partition coefficient (Wildman–Crippen LogP) is 3.47. The molecule has 1 aromatic rings. The van der Waals surface area contributed by atoms with Crippen LogP contribution in [0.3, 0.4) is 0 Å². The zero-order chi connectivity index (χ0) is 10.8. The van der Waals surface area contributed by atoms with Crippen molar-refractivity contribution in [3.05, 3.63) is 28.8 Å². The van der Waals surface area contributed by atoms with E-state index in [2.05, 4.69) is 0 Å². The summed E-state index contributed by atoms with van der Waals surface area (Å²) in [5.74, 6) is 0.723. The monoisotopic (exact) mass is 232 g/mol. The first-order chi connectivity index (χ1) is 6.42. The Kier molecular flexibility index (Phi) is 3.63. The van der Waals surface area contributed by atoms with Crippen molar-refractivity contribution in [3.8, 4) is 5.75 Å². The number of ether oxygens (including phenoxy) is 1. The van der Waals surface area contributed by atoms with Crippen LogP contribution in [0.15, 0.2) is 18.2 Å². The number of halogens is 1. The maximum absolute atomic E-state index is 11.6. The number of hydrogen-bond acceptors (Lipinski definition) is 2. The minimum absolute atomic E-state index is 0.538. The molecule has 0 unspecified atom stereocenters. The second kappa shape index (κ2) is 4.37. The molecule has 0 fully saturated rings. The highest BCUT2D eigenvalue weighted by Crippen LogP contribution is 2.42. The normalized spacial score (nSPS) is 11.4. The maximum atomic E-state index is 11.6. The van der Waals surface area contributed by atoms with Crippen molar-refractivity contribution in [1.82, 2.24) is 0 Å². The Morgan fingerprint density at radius 3 is 2.50 bits per heavy atom. The van der Waals surface area contributed by atoms with E-state index in [4.69, 9.17) is 16.3 Å². The van der Waals surface area contributed by atoms with Crippen molar-refractivity contribution in [3.63, 3.8) is 0 Å². The molecule has 78 valence electrons. The summed E-state index contributed by atoms with van der Waals surface area (Å²) < 4.78 is 16.6. The molecular weight excluding hydrogens is 219 g/mol. The van der Waals surface area contributed by atoms with Crippen LogP contribution in [-0.4, -0.2) is 20.4 Å². The van der Waals surface area contributed by atoms with Crippen LogP contribution in [0.4, 0.5) is 0 Å². The van der Waals surface area contributed by atoms with Crippen LogP contribution in [-0.2, 0) is 10.7 Å². The highest BCUT2D eigenvalue weighted by atomic mass is 35.5. The molecule has 1 aromatic carbocycles. The lowest BCUT2D eigenvalue weighted by atomic mass is 10.2. The average Bonchev–Trinajstić information content (AvgIpc) is 2.06. The Morgan fingerprint density at radius 1 is 1.43 bits per heavy atom. The molecule has 0 saturated carbocycles. The van der Waals surface area contributed by atoms with Gasteiger partial charge < -0.3 is 9.30 Å². The molecule has 0 heterocycles. The summed E-state index contributed by atoms with van der Waals surface area (Å²) in [5, 5.41) is 0.619. The first-order valence-corrected chi connectivity index (χ1v) is 7.45. The van der Waals surface area contributed by atoms with E-state index < -0.39 is 7.14 Å². The van der Waals surface area contributed by atoms with Gasteiger partial charge in [-0.3, -0.25) is 0 Å². The second-order valence-corrected chi connectivity index (χ2v) is 7.56. The molecule has 0 spiro atoms. The van der Waals surface area contributed by atoms with E-state index in [1.54, 1.807) is 26.5 Å². The largest absolute Gasteiger partial charge is 0.497 e. The Hall–Kier alpha value is -0.460. The first-order valence-electron chi connectivity index (χ1n) is 4.29. The molecule has 0 atom stereocenters. The Labute approximate surface area is 89.6 Å². The van der Waals surface area contributed by atoms with E-state index in [1.807, 2.05) is 12.1 Å². The van der Waals surface area contributed by atoms with Gasteiger partial charge in [-0.2, -0.15) is 0 Å². The summed E-state index contributed by atoms with van der Waals surface area (Å²) in [6, 6.07) is 5.43. The van der Waals surface area contributed by atoms with Gasteiger partial charge in [0.15, 0.2) is 0 Å². The van der Waals surface area contributed by atoms with Gasteiger partial charge in [0.2, 0.25) is 0 Å². The fourth-order valence-corrected chi connectivity index (χ4v) is 2.62. The van der Waals surface area contributed by atoms with Crippen molar-refractivity contribution in [2.75, 3.05) is 20.4 Å². The zero-order valence-electron chi connectivity index (χ0n) is 8.58. The van der Waals surface area contributed by atoms with Crippen LogP contribution < -0.4 is 4.74 Å². The molecule has 1 rings (SSSR count). The smallest absolute Gasteiger partial charge is 0.120 e. The molecule has 0 amide bonds. The number of benzene rings is 1. The molecule has 0 aliphatic heterocycles. The summed E-state index contributed by atoms with van der Waals surface area (Å²) in [6.07, 6.45) is 0.538. The van der Waals surface area contributed by atoms with Crippen LogP contribution in [0, 0.1) is 0 Å². The van der Waals surface area contributed by atoms with Gasteiger partial charge in [0.05, 0.1) is 14.3 Å². The summed E-state index contributed by atoms with van der Waals surface area (Å²) in [7, 11) is -0.470. The number of hydrogen-bond donors (Lipinski definition) is 0. The molecule has 0 radical (unpaired) electrons. The highest BCUT2D eigenvalue weighted by molar-refractivity contribution is 7.61. The van der Waals surface area contributed by atoms with Crippen molar-refractivity contribution in [2.24, 2.45) is 0 Å². The van der Waals surface area contributed by atoms with E-state index >= 15 is 0 Å². The fourth-order valence-electron chi connectivity index (χ4n) is 1.19. The lowest BCUT2D eigenvalue weighted by Gasteiger charge is -2.09. The van der Waals surface area contributed by atoms with Gasteiger partial charge in [-0.15, -0.1) is 0 Å². The third kappa shape index (κ3) is 3.36. The lowest BCUT2D eigenvalue weighted by molar-refractivity contribution is 0.414. The summed E-state index contributed by atoms with van der Waals surface area (Å²) in [4.78, 5) is 0. The van der Waals surface area contributed by atoms with Gasteiger partial charge in [-0.25, -0.2) is 0 Å². The second-order valence-electron chi connectivity index (χ2n) is 3.69. The van der Waals surface area contributed by atoms with Crippen LogP contribution in [0.1, 0.15) is 5.56 Å². The lowest BCUT2D eigenvalue weighted by Crippen LogP contribution is -1.89. The molecule has 0 N–H and O–H groups in total. The quantitative estimate of drug-likeness (QED) is 0.746. The van der Waals surface area contributed by atoms with Crippen LogP contribution in [0.5, 0.6) is 5.75 Å². The van der Waals surface area contributed by atoms with E-state index in [1.165, 1.54) is 0 Å². The maximum Gasteiger partial charge on any atom is 0.120 e. The van der Waals surface area contributed by atoms with Crippen LogP contribution in [0.25, 0.3) is 0 Å². The van der Waals surface area contributed by atoms with Crippen molar-refractivity contribution in [2.45, 2.75) is 6.16 Å². The molecule has 4 heteroatoms. The van der Waals surface area contributed by atoms with Crippen LogP contribution >= 0.6 is 18.7 Å². The van der Waals surface area contributed by atoms with E-state index in [0.29, 0.717) is 11.2 Å². The standard InChI is InChI=1S/C10H14ClO2P/c1-13-9-5-4-8(10(11)6-9)7-14(2,3)12/h4-6H,7H2,1-3H3. The topological polar surface area (TPSA) is 26.3 Å². The minimum atomic E-state index is -2.06. The first kappa shape index (κ1) is 11.6. The highest BCUT2D eigenvalue weighted by Gasteiger charge is 2.11. The van der Waals surface area contributed by atoms with Crippen molar-refractivity contribution < 1.29 is 9.30 Å². The summed E-state index contributed by atoms with van der Waals surface area (Å²) in [5.41, 5.74) is 0.917. The van der Waals surface area contributed by atoms with Gasteiger partial charge >= 0.3 is 0 Å². The molecule has 0 aromatic heterocycles. The van der Waals surface area contributed by atoms with Gasteiger partial charge in [-0.05, 0) is 31.0 Å². The van der Waals surface area contributed by atoms with E-state index in [0.717, 1.165) is 11.3 Å². The van der Waals surface area contributed by atoms with Crippen molar-refractivity contribution in [1.29, 1.82) is 0 Å². The Bertz CT molecular complexity index is 370. The Morgan fingerprint density at radius 2 is 2.07 bits per heavy atom. The number of rotatable bonds is 3. The van der Waals surface area contributed by atoms with Gasteiger partial charge in [-0.1, -0.05) is 17.7 Å². The van der Waals surface area contributed by atoms with Gasteiger partial charge in [0.1, 0.15) is 5.75 Å². The van der Waals surface area contributed by atoms with Crippen molar-refractivity contribution >= 4 is 18.7 Å². The van der Waals surface area contributed by atoms with E-state index in [9.17, 15) is 4.57 Å². The molecule has 14 heavy (non-hydrogen) atoms. The molecule has 0 saturated heterocycles. The van der Waals surface area contributed by atoms with E-state index in [-0.39, 0.29) is 0 Å². The average molecular weight is 233 g/mol. The molecular formula is C10H14ClO2P. The van der Waals surface area contributed by atoms with Gasteiger partial charge in [0.25, 0.3) is 0 Å². The SMILES string of the molecule is COc1ccc(CP(C)(C)=O)c(Cl)c1. The molecule has 0 aliphatic rings. The predicted molar refractivity (Wildman–Crippen MR) is 61.2 cm³/mol. The number of methoxy groups -OCH3 is 1.